The van der Waals surface area contributed by atoms with Crippen LogP contribution in [0.5, 0.6) is 11.5 Å². The second-order valence-electron chi connectivity index (χ2n) is 6.28. The highest BCUT2D eigenvalue weighted by atomic mass is 35.5. The molecule has 0 spiro atoms. The van der Waals surface area contributed by atoms with Gasteiger partial charge in [0.1, 0.15) is 11.5 Å². The molecule has 0 radical (unpaired) electrons. The van der Waals surface area contributed by atoms with Crippen LogP contribution in [0.4, 0.5) is 0 Å². The van der Waals surface area contributed by atoms with Crippen LogP contribution in [0.2, 0.25) is 10.0 Å². The zero-order valence-corrected chi connectivity index (χ0v) is 16.6. The quantitative estimate of drug-likeness (QED) is 0.400. The molecule has 0 aliphatic carbocycles. The average molecular weight is 410 g/mol. The van der Waals surface area contributed by atoms with E-state index in [1.165, 1.54) is 0 Å². The maximum absolute atomic E-state index is 11.1. The molecule has 0 fully saturated rings. The third kappa shape index (κ3) is 3.24. The van der Waals surface area contributed by atoms with E-state index >= 15 is 0 Å². The van der Waals surface area contributed by atoms with Gasteiger partial charge in [-0.25, -0.2) is 0 Å². The Morgan fingerprint density at radius 2 is 1.50 bits per heavy atom. The van der Waals surface area contributed by atoms with Crippen molar-refractivity contribution in [1.82, 2.24) is 4.57 Å². The zero-order valence-electron chi connectivity index (χ0n) is 15.1. The third-order valence-corrected chi connectivity index (χ3v) is 5.25. The maximum atomic E-state index is 11.1. The van der Waals surface area contributed by atoms with Crippen LogP contribution in [0.1, 0.15) is 0 Å². The number of benzene rings is 3. The van der Waals surface area contributed by atoms with E-state index in [0.717, 1.165) is 16.7 Å². The van der Waals surface area contributed by atoms with Crippen LogP contribution >= 0.6 is 23.2 Å². The van der Waals surface area contributed by atoms with Crippen LogP contribution in [0.3, 0.4) is 0 Å². The fourth-order valence-corrected chi connectivity index (χ4v) is 3.92. The number of phenolic OH excluding ortho intramolecular Hbond substituents is 1. The average Bonchev–Trinajstić information content (AvgIpc) is 3.23. The molecule has 0 amide bonds. The van der Waals surface area contributed by atoms with Gasteiger partial charge in [-0.05, 0) is 48.0 Å². The van der Waals surface area contributed by atoms with Gasteiger partial charge in [0.25, 0.3) is 0 Å². The number of para-hydroxylation sites is 1. The number of phenols is 1. The molecule has 0 atom stereocenters. The third-order valence-electron chi connectivity index (χ3n) is 4.62. The SMILES string of the molecule is COc1ccccc1-c1cc(-c2c(Cl)cccc2Cl)cc(-n2cccc2)c1O. The number of nitrogens with zero attached hydrogens (tertiary/aromatic N) is 1. The number of hydrogen-bond acceptors (Lipinski definition) is 2. The highest BCUT2D eigenvalue weighted by molar-refractivity contribution is 6.39. The molecule has 0 bridgehead atoms. The summed E-state index contributed by atoms with van der Waals surface area (Å²) < 4.78 is 7.36. The Morgan fingerprint density at radius 3 is 2.18 bits per heavy atom. The van der Waals surface area contributed by atoms with Crippen LogP contribution in [-0.4, -0.2) is 16.8 Å². The molecule has 3 aromatic carbocycles. The Kier molecular flexibility index (Phi) is 5.03. The van der Waals surface area contributed by atoms with Crippen LogP contribution in [0, 0.1) is 0 Å². The summed E-state index contributed by atoms with van der Waals surface area (Å²) in [5, 5.41) is 12.2. The van der Waals surface area contributed by atoms with Crippen molar-refractivity contribution in [2.75, 3.05) is 7.11 Å². The van der Waals surface area contributed by atoms with E-state index in [4.69, 9.17) is 27.9 Å². The topological polar surface area (TPSA) is 34.4 Å². The van der Waals surface area contributed by atoms with Crippen molar-refractivity contribution in [1.29, 1.82) is 0 Å². The molecule has 3 nitrogen and oxygen atoms in total. The second-order valence-corrected chi connectivity index (χ2v) is 7.09. The summed E-state index contributed by atoms with van der Waals surface area (Å²) in [6.07, 6.45) is 3.75. The van der Waals surface area contributed by atoms with Crippen molar-refractivity contribution in [2.24, 2.45) is 0 Å². The summed E-state index contributed by atoms with van der Waals surface area (Å²) in [6, 6.07) is 20.5. The van der Waals surface area contributed by atoms with Crippen molar-refractivity contribution < 1.29 is 9.84 Å². The summed E-state index contributed by atoms with van der Waals surface area (Å²) in [5.41, 5.74) is 3.56. The molecule has 0 aliphatic heterocycles. The monoisotopic (exact) mass is 409 g/mol. The minimum Gasteiger partial charge on any atom is -0.505 e. The molecule has 1 heterocycles. The van der Waals surface area contributed by atoms with Gasteiger partial charge in [-0.3, -0.25) is 0 Å². The lowest BCUT2D eigenvalue weighted by Gasteiger charge is -2.17. The molecule has 0 unspecified atom stereocenters. The maximum Gasteiger partial charge on any atom is 0.147 e. The first-order valence-corrected chi connectivity index (χ1v) is 9.44. The molecular weight excluding hydrogens is 393 g/mol. The van der Waals surface area contributed by atoms with E-state index in [9.17, 15) is 5.11 Å². The van der Waals surface area contributed by atoms with Crippen LogP contribution in [0.25, 0.3) is 27.9 Å². The molecule has 0 saturated heterocycles. The summed E-state index contributed by atoms with van der Waals surface area (Å²) >= 11 is 12.9. The van der Waals surface area contributed by atoms with E-state index in [1.807, 2.05) is 71.6 Å². The molecule has 1 N–H and O–H groups in total. The summed E-state index contributed by atoms with van der Waals surface area (Å²) in [6.45, 7) is 0. The highest BCUT2D eigenvalue weighted by Crippen LogP contribution is 2.44. The van der Waals surface area contributed by atoms with E-state index < -0.39 is 0 Å². The van der Waals surface area contributed by atoms with Crippen LogP contribution < -0.4 is 4.74 Å². The number of rotatable bonds is 4. The number of halogens is 2. The first-order valence-electron chi connectivity index (χ1n) is 8.68. The molecule has 0 saturated carbocycles. The van der Waals surface area contributed by atoms with Gasteiger partial charge in [0.2, 0.25) is 0 Å². The summed E-state index contributed by atoms with van der Waals surface area (Å²) in [7, 11) is 1.61. The van der Waals surface area contributed by atoms with Gasteiger partial charge in [0, 0.05) is 39.1 Å². The van der Waals surface area contributed by atoms with E-state index in [-0.39, 0.29) is 5.75 Å². The van der Waals surface area contributed by atoms with Crippen LogP contribution in [0.15, 0.2) is 79.1 Å². The predicted molar refractivity (Wildman–Crippen MR) is 115 cm³/mol. The Labute approximate surface area is 173 Å². The molecule has 140 valence electrons. The van der Waals surface area contributed by atoms with Crippen molar-refractivity contribution in [3.8, 4) is 39.4 Å². The smallest absolute Gasteiger partial charge is 0.147 e. The van der Waals surface area contributed by atoms with Gasteiger partial charge in [0.05, 0.1) is 12.8 Å². The van der Waals surface area contributed by atoms with E-state index in [0.29, 0.717) is 27.0 Å². The lowest BCUT2D eigenvalue weighted by Crippen LogP contribution is -1.96. The zero-order chi connectivity index (χ0) is 19.7. The molecule has 0 aliphatic rings. The molecule has 5 heteroatoms. The Morgan fingerprint density at radius 1 is 0.821 bits per heavy atom. The number of ether oxygens (including phenoxy) is 1. The molecule has 1 aromatic heterocycles. The molecule has 4 rings (SSSR count). The highest BCUT2D eigenvalue weighted by Gasteiger charge is 2.18. The van der Waals surface area contributed by atoms with Crippen LogP contribution in [-0.2, 0) is 0 Å². The van der Waals surface area contributed by atoms with Gasteiger partial charge in [-0.15, -0.1) is 0 Å². The molecule has 4 aromatic rings. The van der Waals surface area contributed by atoms with Gasteiger partial charge in [-0.2, -0.15) is 0 Å². The number of methoxy groups -OCH3 is 1. The Balaban J connectivity index is 2.05. The summed E-state index contributed by atoms with van der Waals surface area (Å²) in [4.78, 5) is 0. The summed E-state index contributed by atoms with van der Waals surface area (Å²) in [5.74, 6) is 0.811. The minimum atomic E-state index is 0.146. The standard InChI is InChI=1S/C23H17Cl2NO2/c1-28-21-10-3-2-7-16(21)17-13-15(22-18(24)8-6-9-19(22)25)14-20(23(17)27)26-11-4-5-12-26/h2-14,27H,1H3. The van der Waals surface area contributed by atoms with Gasteiger partial charge in [-0.1, -0.05) is 47.5 Å². The Bertz CT molecular complexity index is 1120. The normalized spacial score (nSPS) is 10.8. The second kappa shape index (κ2) is 7.63. The fraction of sp³-hybridized carbons (Fsp3) is 0.0435. The minimum absolute atomic E-state index is 0.146. The van der Waals surface area contributed by atoms with Gasteiger partial charge < -0.3 is 14.4 Å². The van der Waals surface area contributed by atoms with Crippen molar-refractivity contribution in [2.45, 2.75) is 0 Å². The molecular formula is C23H17Cl2NO2. The van der Waals surface area contributed by atoms with Crippen molar-refractivity contribution in [3.63, 3.8) is 0 Å². The van der Waals surface area contributed by atoms with E-state index in [2.05, 4.69) is 0 Å². The fourth-order valence-electron chi connectivity index (χ4n) is 3.30. The number of aromatic nitrogens is 1. The van der Waals surface area contributed by atoms with Crippen molar-refractivity contribution >= 4 is 23.2 Å². The van der Waals surface area contributed by atoms with Gasteiger partial charge in [0.15, 0.2) is 0 Å². The first-order chi connectivity index (χ1) is 13.6. The largest absolute Gasteiger partial charge is 0.505 e. The number of hydrogen-bond donors (Lipinski definition) is 1. The predicted octanol–water partition coefficient (Wildman–Crippen LogP) is 6.83. The lowest BCUT2D eigenvalue weighted by molar-refractivity contribution is 0.415. The van der Waals surface area contributed by atoms with E-state index in [1.54, 1.807) is 19.2 Å². The van der Waals surface area contributed by atoms with Crippen molar-refractivity contribution in [3.05, 3.63) is 89.2 Å². The first kappa shape index (κ1) is 18.5. The van der Waals surface area contributed by atoms with Gasteiger partial charge >= 0.3 is 0 Å². The molecule has 28 heavy (non-hydrogen) atoms. The lowest BCUT2D eigenvalue weighted by atomic mass is 9.96. The number of aromatic hydroxyl groups is 1. The Hall–Kier alpha value is -2.88.